The van der Waals surface area contributed by atoms with Gasteiger partial charge in [-0.1, -0.05) is 48.0 Å². The summed E-state index contributed by atoms with van der Waals surface area (Å²) in [6, 6.07) is 15.1. The van der Waals surface area contributed by atoms with Crippen molar-refractivity contribution in [3.63, 3.8) is 0 Å². The zero-order valence-corrected chi connectivity index (χ0v) is 13.6. The summed E-state index contributed by atoms with van der Waals surface area (Å²) in [5.74, 6) is 0. The number of ether oxygens (including phenoxy) is 2. The van der Waals surface area contributed by atoms with Crippen LogP contribution in [0.2, 0.25) is 5.02 Å². The van der Waals surface area contributed by atoms with E-state index >= 15 is 0 Å². The van der Waals surface area contributed by atoms with Gasteiger partial charge >= 0.3 is 6.92 Å². The van der Waals surface area contributed by atoms with Gasteiger partial charge in [-0.2, -0.15) is 0 Å². The van der Waals surface area contributed by atoms with E-state index in [2.05, 4.69) is 0 Å². The molecule has 1 N–H and O–H groups in total. The maximum atomic E-state index is 10.7. The summed E-state index contributed by atoms with van der Waals surface area (Å²) in [6.45, 7) is 1.55. The molecule has 22 heavy (non-hydrogen) atoms. The van der Waals surface area contributed by atoms with Crippen molar-refractivity contribution in [1.82, 2.24) is 0 Å². The standard InChI is InChI=1S/C17H20BClO3/c1-13(22-12-21-2)10-14-6-3-4-9-17(14)18(20)15-7-5-8-16(19)11-15/h3-9,11,13,20H,10,12H2,1-2H3. The highest BCUT2D eigenvalue weighted by Gasteiger charge is 2.21. The van der Waals surface area contributed by atoms with Crippen LogP contribution in [0.3, 0.4) is 0 Å². The Morgan fingerprint density at radius 2 is 1.95 bits per heavy atom. The SMILES string of the molecule is COCOC(C)Cc1ccccc1B(O)c1cccc(Cl)c1. The van der Waals surface area contributed by atoms with Gasteiger partial charge in [-0.05, 0) is 42.0 Å². The Labute approximate surface area is 136 Å². The van der Waals surface area contributed by atoms with Crippen LogP contribution in [0.5, 0.6) is 0 Å². The summed E-state index contributed by atoms with van der Waals surface area (Å²) in [4.78, 5) is 0. The molecule has 0 amide bonds. The molecule has 0 fully saturated rings. The topological polar surface area (TPSA) is 38.7 Å². The van der Waals surface area contributed by atoms with E-state index in [1.807, 2.05) is 43.3 Å². The Morgan fingerprint density at radius 3 is 2.68 bits per heavy atom. The number of benzene rings is 2. The number of hydrogen-bond donors (Lipinski definition) is 1. The molecule has 1 unspecified atom stereocenters. The lowest BCUT2D eigenvalue weighted by Crippen LogP contribution is -2.44. The second-order valence-corrected chi connectivity index (χ2v) is 5.68. The van der Waals surface area contributed by atoms with Crippen LogP contribution in [0, 0.1) is 0 Å². The van der Waals surface area contributed by atoms with E-state index in [0.29, 0.717) is 11.4 Å². The van der Waals surface area contributed by atoms with Gasteiger partial charge in [0, 0.05) is 12.1 Å². The lowest BCUT2D eigenvalue weighted by molar-refractivity contribution is -0.0645. The van der Waals surface area contributed by atoms with Crippen LogP contribution in [-0.4, -0.2) is 31.9 Å². The van der Waals surface area contributed by atoms with Crippen molar-refractivity contribution in [3.8, 4) is 0 Å². The highest BCUT2D eigenvalue weighted by Crippen LogP contribution is 2.08. The van der Waals surface area contributed by atoms with Gasteiger partial charge < -0.3 is 14.5 Å². The molecular weight excluding hydrogens is 298 g/mol. The van der Waals surface area contributed by atoms with Crippen LogP contribution < -0.4 is 10.9 Å². The van der Waals surface area contributed by atoms with Crippen molar-refractivity contribution < 1.29 is 14.5 Å². The molecule has 0 saturated heterocycles. The minimum absolute atomic E-state index is 0.00709. The molecule has 1 atom stereocenters. The smallest absolute Gasteiger partial charge is 0.359 e. The fourth-order valence-electron chi connectivity index (χ4n) is 2.40. The molecule has 0 aromatic heterocycles. The Balaban J connectivity index is 2.20. The second kappa shape index (κ2) is 8.35. The Hall–Kier alpha value is -1.33. The first-order chi connectivity index (χ1) is 10.6. The zero-order chi connectivity index (χ0) is 15.9. The van der Waals surface area contributed by atoms with Gasteiger partial charge in [0.1, 0.15) is 6.79 Å². The molecule has 2 aromatic rings. The van der Waals surface area contributed by atoms with Gasteiger partial charge in [0.25, 0.3) is 0 Å². The van der Waals surface area contributed by atoms with Gasteiger partial charge in [0.2, 0.25) is 0 Å². The lowest BCUT2D eigenvalue weighted by atomic mass is 9.54. The Morgan fingerprint density at radius 1 is 1.18 bits per heavy atom. The first-order valence-electron chi connectivity index (χ1n) is 7.23. The molecule has 0 spiro atoms. The monoisotopic (exact) mass is 318 g/mol. The van der Waals surface area contributed by atoms with Crippen LogP contribution in [0.15, 0.2) is 48.5 Å². The molecule has 116 valence electrons. The van der Waals surface area contributed by atoms with Crippen molar-refractivity contribution >= 4 is 29.4 Å². The van der Waals surface area contributed by atoms with Crippen molar-refractivity contribution in [1.29, 1.82) is 0 Å². The van der Waals surface area contributed by atoms with Crippen LogP contribution >= 0.6 is 11.6 Å². The molecule has 3 nitrogen and oxygen atoms in total. The minimum Gasteiger partial charge on any atom is -0.443 e. The quantitative estimate of drug-likeness (QED) is 0.627. The predicted molar refractivity (Wildman–Crippen MR) is 91.3 cm³/mol. The molecule has 5 heteroatoms. The van der Waals surface area contributed by atoms with E-state index in [0.717, 1.165) is 16.5 Å². The third-order valence-electron chi connectivity index (χ3n) is 3.49. The second-order valence-electron chi connectivity index (χ2n) is 5.24. The van der Waals surface area contributed by atoms with Crippen molar-refractivity contribution in [2.45, 2.75) is 19.4 Å². The molecule has 0 aliphatic heterocycles. The van der Waals surface area contributed by atoms with Crippen molar-refractivity contribution in [2.75, 3.05) is 13.9 Å². The van der Waals surface area contributed by atoms with Gasteiger partial charge in [-0.3, -0.25) is 0 Å². The molecule has 0 heterocycles. The fourth-order valence-corrected chi connectivity index (χ4v) is 2.59. The summed E-state index contributed by atoms with van der Waals surface area (Å²) in [7, 11) is 1.60. The lowest BCUT2D eigenvalue weighted by Gasteiger charge is -2.17. The van der Waals surface area contributed by atoms with Gasteiger partial charge in [-0.15, -0.1) is 0 Å². The average molecular weight is 319 g/mol. The highest BCUT2D eigenvalue weighted by atomic mass is 35.5. The molecule has 0 aliphatic rings. The highest BCUT2D eigenvalue weighted by molar-refractivity contribution is 6.79. The van der Waals surface area contributed by atoms with Gasteiger partial charge in [0.05, 0.1) is 6.10 Å². The van der Waals surface area contributed by atoms with E-state index in [1.54, 1.807) is 19.2 Å². The first kappa shape index (κ1) is 17.0. The molecule has 0 radical (unpaired) electrons. The maximum Gasteiger partial charge on any atom is 0.359 e. The van der Waals surface area contributed by atoms with Crippen molar-refractivity contribution in [2.24, 2.45) is 0 Å². The van der Waals surface area contributed by atoms with Gasteiger partial charge in [-0.25, -0.2) is 0 Å². The predicted octanol–water partition coefficient (Wildman–Crippen LogP) is 1.99. The van der Waals surface area contributed by atoms with Crippen LogP contribution in [0.1, 0.15) is 12.5 Å². The third-order valence-corrected chi connectivity index (χ3v) is 3.73. The molecule has 2 aromatic carbocycles. The van der Waals surface area contributed by atoms with Gasteiger partial charge in [0.15, 0.2) is 0 Å². The number of halogens is 1. The fraction of sp³-hybridized carbons (Fsp3) is 0.294. The van der Waals surface area contributed by atoms with Crippen LogP contribution in [0.4, 0.5) is 0 Å². The third kappa shape index (κ3) is 4.58. The molecular formula is C17H20BClO3. The summed E-state index contributed by atoms with van der Waals surface area (Å²) < 4.78 is 10.5. The summed E-state index contributed by atoms with van der Waals surface area (Å²) in [6.07, 6.45) is 0.713. The average Bonchev–Trinajstić information content (AvgIpc) is 2.53. The maximum absolute atomic E-state index is 10.7. The Kier molecular flexibility index (Phi) is 6.46. The van der Waals surface area contributed by atoms with E-state index in [1.165, 1.54) is 0 Å². The number of rotatable bonds is 7. The number of hydrogen-bond acceptors (Lipinski definition) is 3. The van der Waals surface area contributed by atoms with Crippen molar-refractivity contribution in [3.05, 3.63) is 59.1 Å². The number of methoxy groups -OCH3 is 1. The molecule has 0 bridgehead atoms. The normalized spacial score (nSPS) is 12.2. The largest absolute Gasteiger partial charge is 0.443 e. The Bertz CT molecular complexity index is 606. The molecule has 0 aliphatic carbocycles. The van der Waals surface area contributed by atoms with Crippen LogP contribution in [-0.2, 0) is 15.9 Å². The zero-order valence-electron chi connectivity index (χ0n) is 12.8. The summed E-state index contributed by atoms with van der Waals surface area (Å²) in [5.41, 5.74) is 2.71. The molecule has 0 saturated carbocycles. The van der Waals surface area contributed by atoms with Crippen LogP contribution in [0.25, 0.3) is 0 Å². The first-order valence-corrected chi connectivity index (χ1v) is 7.61. The van der Waals surface area contributed by atoms with E-state index in [-0.39, 0.29) is 12.9 Å². The van der Waals surface area contributed by atoms with E-state index in [4.69, 9.17) is 21.1 Å². The summed E-state index contributed by atoms with van der Waals surface area (Å²) in [5, 5.41) is 11.3. The summed E-state index contributed by atoms with van der Waals surface area (Å²) >= 11 is 6.01. The van der Waals surface area contributed by atoms with E-state index in [9.17, 15) is 5.02 Å². The minimum atomic E-state index is -0.704. The molecule has 2 rings (SSSR count). The van der Waals surface area contributed by atoms with E-state index < -0.39 is 6.92 Å².